The van der Waals surface area contributed by atoms with Crippen LogP contribution in [0.2, 0.25) is 0 Å². The average molecular weight is 471 g/mol. The minimum absolute atomic E-state index is 0.0274. The zero-order valence-electron chi connectivity index (χ0n) is 20.4. The van der Waals surface area contributed by atoms with Crippen molar-refractivity contribution in [1.29, 1.82) is 0 Å². The Kier molecular flexibility index (Phi) is 10.0. The predicted molar refractivity (Wildman–Crippen MR) is 136 cm³/mol. The predicted octanol–water partition coefficient (Wildman–Crippen LogP) is 3.85. The number of aryl methyl sites for hydroxylation is 2. The van der Waals surface area contributed by atoms with E-state index in [1.165, 1.54) is 24.8 Å². The van der Waals surface area contributed by atoms with Crippen LogP contribution in [0.1, 0.15) is 60.9 Å². The van der Waals surface area contributed by atoms with Crippen LogP contribution in [0.5, 0.6) is 0 Å². The molecule has 0 spiro atoms. The SMILES string of the molecule is Cc1cccc(Cc2c(C)nc(SCCCCC(=O)NCCN3CCCCC3)n(C)c2=O)c1. The number of piperidine rings is 1. The summed E-state index contributed by atoms with van der Waals surface area (Å²) in [6.07, 6.45) is 6.82. The van der Waals surface area contributed by atoms with Gasteiger partial charge >= 0.3 is 0 Å². The summed E-state index contributed by atoms with van der Waals surface area (Å²) in [6.45, 7) is 8.01. The van der Waals surface area contributed by atoms with Gasteiger partial charge in [-0.15, -0.1) is 0 Å². The number of carbonyl (C=O) groups excluding carboxylic acids is 1. The van der Waals surface area contributed by atoms with Crippen molar-refractivity contribution in [3.8, 4) is 0 Å². The van der Waals surface area contributed by atoms with Crippen molar-refractivity contribution in [3.63, 3.8) is 0 Å². The molecule has 7 heteroatoms. The highest BCUT2D eigenvalue weighted by atomic mass is 32.2. The second-order valence-corrected chi connectivity index (χ2v) is 10.1. The third kappa shape index (κ3) is 8.00. The molecule has 1 N–H and O–H groups in total. The lowest BCUT2D eigenvalue weighted by Gasteiger charge is -2.26. The van der Waals surface area contributed by atoms with Crippen LogP contribution in [-0.4, -0.2) is 52.3 Å². The first-order chi connectivity index (χ1) is 15.9. The molecule has 6 nitrogen and oxygen atoms in total. The van der Waals surface area contributed by atoms with Crippen LogP contribution in [0.15, 0.2) is 34.2 Å². The van der Waals surface area contributed by atoms with Crippen LogP contribution >= 0.6 is 11.8 Å². The van der Waals surface area contributed by atoms with Crippen molar-refractivity contribution in [3.05, 3.63) is 57.0 Å². The summed E-state index contributed by atoms with van der Waals surface area (Å²) in [7, 11) is 1.80. The average Bonchev–Trinajstić information content (AvgIpc) is 2.80. The minimum atomic E-state index is 0.0274. The first-order valence-corrected chi connectivity index (χ1v) is 13.2. The van der Waals surface area contributed by atoms with Crippen molar-refractivity contribution < 1.29 is 4.79 Å². The molecule has 3 rings (SSSR count). The fraction of sp³-hybridized carbons (Fsp3) is 0.577. The van der Waals surface area contributed by atoms with Gasteiger partial charge in [-0.3, -0.25) is 14.2 Å². The number of hydrogen-bond acceptors (Lipinski definition) is 5. The Labute approximate surface area is 202 Å². The third-order valence-corrected chi connectivity index (χ3v) is 7.36. The molecule has 1 fully saturated rings. The van der Waals surface area contributed by atoms with E-state index in [1.54, 1.807) is 23.4 Å². The summed E-state index contributed by atoms with van der Waals surface area (Å²) < 4.78 is 1.66. The van der Waals surface area contributed by atoms with Gasteiger partial charge in [-0.1, -0.05) is 48.0 Å². The Morgan fingerprint density at radius 2 is 1.94 bits per heavy atom. The number of benzene rings is 1. The number of rotatable bonds is 11. The number of unbranched alkanes of at least 4 members (excludes halogenated alkanes) is 1. The highest BCUT2D eigenvalue weighted by molar-refractivity contribution is 7.99. The maximum atomic E-state index is 12.9. The molecule has 0 aliphatic carbocycles. The first kappa shape index (κ1) is 25.5. The van der Waals surface area contributed by atoms with E-state index in [1.807, 2.05) is 13.0 Å². The zero-order chi connectivity index (χ0) is 23.6. The lowest BCUT2D eigenvalue weighted by Crippen LogP contribution is -2.37. The van der Waals surface area contributed by atoms with E-state index < -0.39 is 0 Å². The van der Waals surface area contributed by atoms with E-state index >= 15 is 0 Å². The Hall–Kier alpha value is -2.12. The summed E-state index contributed by atoms with van der Waals surface area (Å²) >= 11 is 1.59. The largest absolute Gasteiger partial charge is 0.355 e. The molecule has 33 heavy (non-hydrogen) atoms. The van der Waals surface area contributed by atoms with Crippen molar-refractivity contribution >= 4 is 17.7 Å². The zero-order valence-corrected chi connectivity index (χ0v) is 21.2. The molecule has 0 atom stereocenters. The molecule has 0 radical (unpaired) electrons. The van der Waals surface area contributed by atoms with Crippen LogP contribution in [-0.2, 0) is 18.3 Å². The molecular weight excluding hydrogens is 432 g/mol. The van der Waals surface area contributed by atoms with Crippen LogP contribution in [0.4, 0.5) is 0 Å². The molecule has 1 aromatic carbocycles. The summed E-state index contributed by atoms with van der Waals surface area (Å²) in [5.74, 6) is 0.983. The summed E-state index contributed by atoms with van der Waals surface area (Å²) in [4.78, 5) is 32.2. The molecule has 1 saturated heterocycles. The van der Waals surface area contributed by atoms with Crippen LogP contribution in [0.25, 0.3) is 0 Å². The quantitative estimate of drug-likeness (QED) is 0.307. The van der Waals surface area contributed by atoms with Crippen LogP contribution in [0, 0.1) is 13.8 Å². The molecule has 1 aliphatic rings. The maximum absolute atomic E-state index is 12.9. The standard InChI is InChI=1S/C26H38N4O2S/c1-20-10-9-11-22(18-20)19-23-21(2)28-26(29(3)25(23)32)33-17-8-5-12-24(31)27-13-16-30-14-6-4-7-15-30/h9-11,18H,4-8,12-17,19H2,1-3H3,(H,27,31). The number of nitrogens with one attached hydrogen (secondary N) is 1. The summed E-state index contributed by atoms with van der Waals surface area (Å²) in [5, 5.41) is 3.79. The first-order valence-electron chi connectivity index (χ1n) is 12.2. The number of thioether (sulfide) groups is 1. The van der Waals surface area contributed by atoms with E-state index in [2.05, 4.69) is 35.3 Å². The van der Waals surface area contributed by atoms with Gasteiger partial charge in [-0.05, 0) is 58.2 Å². The maximum Gasteiger partial charge on any atom is 0.257 e. The molecule has 1 aromatic heterocycles. The number of aromatic nitrogens is 2. The molecule has 2 aromatic rings. The molecule has 0 saturated carbocycles. The Bertz CT molecular complexity index is 983. The molecule has 0 unspecified atom stereocenters. The third-order valence-electron chi connectivity index (χ3n) is 6.24. The number of hydrogen-bond donors (Lipinski definition) is 1. The van der Waals surface area contributed by atoms with Gasteiger partial charge in [0.25, 0.3) is 5.56 Å². The number of nitrogens with zero attached hydrogens (tertiary/aromatic N) is 3. The van der Waals surface area contributed by atoms with Crippen molar-refractivity contribution in [2.45, 2.75) is 63.9 Å². The molecule has 0 bridgehead atoms. The van der Waals surface area contributed by atoms with E-state index in [9.17, 15) is 9.59 Å². The molecule has 1 amide bonds. The van der Waals surface area contributed by atoms with Gasteiger partial charge in [-0.25, -0.2) is 4.98 Å². The highest BCUT2D eigenvalue weighted by Gasteiger charge is 2.13. The van der Waals surface area contributed by atoms with Crippen LogP contribution < -0.4 is 10.9 Å². The van der Waals surface area contributed by atoms with Gasteiger partial charge in [0.05, 0.1) is 0 Å². The summed E-state index contributed by atoms with van der Waals surface area (Å²) in [5.41, 5.74) is 3.91. The molecule has 2 heterocycles. The fourth-order valence-electron chi connectivity index (χ4n) is 4.26. The topological polar surface area (TPSA) is 67.2 Å². The van der Waals surface area contributed by atoms with Gasteiger partial charge < -0.3 is 10.2 Å². The Morgan fingerprint density at radius 1 is 1.15 bits per heavy atom. The second-order valence-electron chi connectivity index (χ2n) is 9.05. The minimum Gasteiger partial charge on any atom is -0.355 e. The van der Waals surface area contributed by atoms with Crippen molar-refractivity contribution in [2.24, 2.45) is 7.05 Å². The lowest BCUT2D eigenvalue weighted by atomic mass is 10.0. The molecular formula is C26H38N4O2S. The highest BCUT2D eigenvalue weighted by Crippen LogP contribution is 2.18. The van der Waals surface area contributed by atoms with Gasteiger partial charge in [0, 0.05) is 50.0 Å². The smallest absolute Gasteiger partial charge is 0.257 e. The second kappa shape index (κ2) is 12.9. The number of carbonyl (C=O) groups is 1. The summed E-state index contributed by atoms with van der Waals surface area (Å²) in [6, 6.07) is 8.26. The number of amides is 1. The van der Waals surface area contributed by atoms with Gasteiger partial charge in [0.2, 0.25) is 5.91 Å². The normalized spacial score (nSPS) is 14.4. The van der Waals surface area contributed by atoms with Crippen LogP contribution in [0.3, 0.4) is 0 Å². The Morgan fingerprint density at radius 3 is 2.70 bits per heavy atom. The molecule has 1 aliphatic heterocycles. The van der Waals surface area contributed by atoms with E-state index in [0.717, 1.165) is 66.8 Å². The van der Waals surface area contributed by atoms with E-state index in [-0.39, 0.29) is 11.5 Å². The lowest BCUT2D eigenvalue weighted by molar-refractivity contribution is -0.121. The van der Waals surface area contributed by atoms with Gasteiger partial charge in [-0.2, -0.15) is 0 Å². The van der Waals surface area contributed by atoms with Crippen molar-refractivity contribution in [2.75, 3.05) is 31.9 Å². The molecule has 180 valence electrons. The van der Waals surface area contributed by atoms with Crippen molar-refractivity contribution in [1.82, 2.24) is 19.8 Å². The fourth-order valence-corrected chi connectivity index (χ4v) is 5.27. The van der Waals surface area contributed by atoms with Gasteiger partial charge in [0.1, 0.15) is 0 Å². The van der Waals surface area contributed by atoms with E-state index in [0.29, 0.717) is 12.8 Å². The van der Waals surface area contributed by atoms with Gasteiger partial charge in [0.15, 0.2) is 5.16 Å². The monoisotopic (exact) mass is 470 g/mol. The Balaban J connectivity index is 1.40. The number of likely N-dealkylation sites (tertiary alicyclic amines) is 1. The van der Waals surface area contributed by atoms with E-state index in [4.69, 9.17) is 4.98 Å².